The summed E-state index contributed by atoms with van der Waals surface area (Å²) in [6.07, 6.45) is 1.64. The van der Waals surface area contributed by atoms with Crippen molar-refractivity contribution in [1.82, 2.24) is 14.5 Å². The molecule has 3 aromatic rings. The standard InChI is InChI=1S/C16H15N3O2/c1-11-18-15-13(7-5-9-17-15)16(20)19(11)10-12-6-3-4-8-14(12)21-2/h3-9H,10H2,1-2H3. The maximum Gasteiger partial charge on any atom is 0.263 e. The van der Waals surface area contributed by atoms with Crippen LogP contribution >= 0.6 is 0 Å². The number of rotatable bonds is 3. The zero-order valence-electron chi connectivity index (χ0n) is 11.9. The molecule has 21 heavy (non-hydrogen) atoms. The minimum Gasteiger partial charge on any atom is -0.496 e. The Bertz CT molecular complexity index is 856. The number of aryl methyl sites for hydroxylation is 1. The first-order valence-corrected chi connectivity index (χ1v) is 6.65. The Morgan fingerprint density at radius 3 is 2.81 bits per heavy atom. The van der Waals surface area contributed by atoms with Crippen LogP contribution in [-0.2, 0) is 6.54 Å². The normalized spacial score (nSPS) is 10.8. The molecule has 2 heterocycles. The summed E-state index contributed by atoms with van der Waals surface area (Å²) in [7, 11) is 1.62. The summed E-state index contributed by atoms with van der Waals surface area (Å²) in [5.41, 5.74) is 1.34. The third-order valence-corrected chi connectivity index (χ3v) is 3.44. The van der Waals surface area contributed by atoms with Gasteiger partial charge in [-0.15, -0.1) is 0 Å². The van der Waals surface area contributed by atoms with Crippen molar-refractivity contribution in [2.24, 2.45) is 0 Å². The summed E-state index contributed by atoms with van der Waals surface area (Å²) < 4.78 is 6.98. The molecule has 0 aliphatic heterocycles. The average molecular weight is 281 g/mol. The Morgan fingerprint density at radius 2 is 2.00 bits per heavy atom. The quantitative estimate of drug-likeness (QED) is 0.738. The summed E-state index contributed by atoms with van der Waals surface area (Å²) in [6, 6.07) is 11.1. The van der Waals surface area contributed by atoms with Crippen molar-refractivity contribution in [1.29, 1.82) is 0 Å². The molecule has 0 atom stereocenters. The number of pyridine rings is 1. The van der Waals surface area contributed by atoms with Gasteiger partial charge in [0.05, 0.1) is 19.0 Å². The zero-order chi connectivity index (χ0) is 14.8. The molecule has 3 rings (SSSR count). The SMILES string of the molecule is COc1ccccc1Cn1c(C)nc2ncccc2c1=O. The van der Waals surface area contributed by atoms with Crippen LogP contribution in [-0.4, -0.2) is 21.6 Å². The number of nitrogens with zero attached hydrogens (tertiary/aromatic N) is 3. The summed E-state index contributed by atoms with van der Waals surface area (Å²) >= 11 is 0. The highest BCUT2D eigenvalue weighted by Gasteiger charge is 2.10. The van der Waals surface area contributed by atoms with E-state index in [0.717, 1.165) is 11.3 Å². The van der Waals surface area contributed by atoms with E-state index in [0.29, 0.717) is 23.4 Å². The van der Waals surface area contributed by atoms with Gasteiger partial charge in [-0.1, -0.05) is 18.2 Å². The number of aromatic nitrogens is 3. The molecule has 0 bridgehead atoms. The molecule has 2 aromatic heterocycles. The maximum absolute atomic E-state index is 12.6. The van der Waals surface area contributed by atoms with E-state index in [-0.39, 0.29) is 5.56 Å². The van der Waals surface area contributed by atoms with Gasteiger partial charge < -0.3 is 4.74 Å². The van der Waals surface area contributed by atoms with Crippen molar-refractivity contribution in [3.63, 3.8) is 0 Å². The smallest absolute Gasteiger partial charge is 0.263 e. The van der Waals surface area contributed by atoms with Gasteiger partial charge in [-0.05, 0) is 25.1 Å². The zero-order valence-corrected chi connectivity index (χ0v) is 11.9. The highest BCUT2D eigenvalue weighted by Crippen LogP contribution is 2.18. The van der Waals surface area contributed by atoms with Gasteiger partial charge in [0.2, 0.25) is 0 Å². The van der Waals surface area contributed by atoms with E-state index >= 15 is 0 Å². The summed E-state index contributed by atoms with van der Waals surface area (Å²) in [4.78, 5) is 21.1. The first-order chi connectivity index (χ1) is 10.2. The number of hydrogen-bond acceptors (Lipinski definition) is 4. The van der Waals surface area contributed by atoms with Crippen LogP contribution in [0.3, 0.4) is 0 Å². The highest BCUT2D eigenvalue weighted by atomic mass is 16.5. The second-order valence-electron chi connectivity index (χ2n) is 4.74. The van der Waals surface area contributed by atoms with E-state index in [1.165, 1.54) is 0 Å². The molecule has 5 nitrogen and oxygen atoms in total. The first kappa shape index (κ1) is 13.3. The predicted molar refractivity (Wildman–Crippen MR) is 80.6 cm³/mol. The lowest BCUT2D eigenvalue weighted by Gasteiger charge is -2.12. The third kappa shape index (κ3) is 2.38. The van der Waals surface area contributed by atoms with Crippen molar-refractivity contribution >= 4 is 11.0 Å². The molecule has 106 valence electrons. The fraction of sp³-hybridized carbons (Fsp3) is 0.188. The van der Waals surface area contributed by atoms with Gasteiger partial charge in [-0.2, -0.15) is 0 Å². The molecule has 0 spiro atoms. The van der Waals surface area contributed by atoms with Crippen LogP contribution in [0.25, 0.3) is 11.0 Å². The summed E-state index contributed by atoms with van der Waals surface area (Å²) in [5, 5.41) is 0.526. The molecular formula is C16H15N3O2. The Kier molecular flexibility index (Phi) is 3.39. The van der Waals surface area contributed by atoms with Crippen LogP contribution in [0.15, 0.2) is 47.4 Å². The highest BCUT2D eigenvalue weighted by molar-refractivity contribution is 5.72. The van der Waals surface area contributed by atoms with E-state index in [1.54, 1.807) is 30.0 Å². The van der Waals surface area contributed by atoms with Gasteiger partial charge in [-0.25, -0.2) is 9.97 Å². The van der Waals surface area contributed by atoms with E-state index in [4.69, 9.17) is 4.74 Å². The van der Waals surface area contributed by atoms with Gasteiger partial charge in [0.25, 0.3) is 5.56 Å². The van der Waals surface area contributed by atoms with Crippen LogP contribution in [0.2, 0.25) is 0 Å². The van der Waals surface area contributed by atoms with E-state index in [2.05, 4.69) is 9.97 Å². The Balaban J connectivity index is 2.15. The van der Waals surface area contributed by atoms with E-state index < -0.39 is 0 Å². The number of fused-ring (bicyclic) bond motifs is 1. The second kappa shape index (κ2) is 5.36. The maximum atomic E-state index is 12.6. The monoisotopic (exact) mass is 281 g/mol. The lowest BCUT2D eigenvalue weighted by Crippen LogP contribution is -2.25. The molecule has 0 aliphatic rings. The molecule has 0 aliphatic carbocycles. The van der Waals surface area contributed by atoms with Crippen molar-refractivity contribution < 1.29 is 4.74 Å². The van der Waals surface area contributed by atoms with Gasteiger partial charge in [0, 0.05) is 11.8 Å². The number of methoxy groups -OCH3 is 1. The minimum absolute atomic E-state index is 0.0866. The van der Waals surface area contributed by atoms with Crippen molar-refractivity contribution in [2.75, 3.05) is 7.11 Å². The molecule has 0 saturated carbocycles. The van der Waals surface area contributed by atoms with Crippen molar-refractivity contribution in [2.45, 2.75) is 13.5 Å². The lowest BCUT2D eigenvalue weighted by atomic mass is 10.2. The van der Waals surface area contributed by atoms with E-state index in [9.17, 15) is 4.79 Å². The van der Waals surface area contributed by atoms with Gasteiger partial charge in [0.1, 0.15) is 11.6 Å². The van der Waals surface area contributed by atoms with Gasteiger partial charge in [-0.3, -0.25) is 9.36 Å². The molecule has 0 N–H and O–H groups in total. The lowest BCUT2D eigenvalue weighted by molar-refractivity contribution is 0.408. The molecule has 0 fully saturated rings. The second-order valence-corrected chi connectivity index (χ2v) is 4.74. The Hall–Kier alpha value is -2.69. The average Bonchev–Trinajstić information content (AvgIpc) is 2.52. The Morgan fingerprint density at radius 1 is 1.19 bits per heavy atom. The van der Waals surface area contributed by atoms with Crippen molar-refractivity contribution in [3.8, 4) is 5.75 Å². The number of benzene rings is 1. The van der Waals surface area contributed by atoms with E-state index in [1.807, 2.05) is 31.2 Å². The fourth-order valence-electron chi connectivity index (χ4n) is 2.35. The molecule has 0 amide bonds. The molecule has 0 unspecified atom stereocenters. The fourth-order valence-corrected chi connectivity index (χ4v) is 2.35. The first-order valence-electron chi connectivity index (χ1n) is 6.65. The molecule has 0 saturated heterocycles. The minimum atomic E-state index is -0.0866. The topological polar surface area (TPSA) is 57.0 Å². The largest absolute Gasteiger partial charge is 0.496 e. The van der Waals surface area contributed by atoms with Gasteiger partial charge in [0.15, 0.2) is 5.65 Å². The summed E-state index contributed by atoms with van der Waals surface area (Å²) in [5.74, 6) is 1.40. The summed E-state index contributed by atoms with van der Waals surface area (Å²) in [6.45, 7) is 2.23. The third-order valence-electron chi connectivity index (χ3n) is 3.44. The number of hydrogen-bond donors (Lipinski definition) is 0. The van der Waals surface area contributed by atoms with Crippen molar-refractivity contribution in [3.05, 3.63) is 64.3 Å². The van der Waals surface area contributed by atoms with Crippen LogP contribution < -0.4 is 10.3 Å². The van der Waals surface area contributed by atoms with Crippen LogP contribution in [0, 0.1) is 6.92 Å². The molecular weight excluding hydrogens is 266 g/mol. The van der Waals surface area contributed by atoms with Crippen LogP contribution in [0.1, 0.15) is 11.4 Å². The van der Waals surface area contributed by atoms with Crippen LogP contribution in [0.5, 0.6) is 5.75 Å². The number of ether oxygens (including phenoxy) is 1. The molecule has 5 heteroatoms. The number of para-hydroxylation sites is 1. The predicted octanol–water partition coefficient (Wildman–Crippen LogP) is 2.16. The van der Waals surface area contributed by atoms with Crippen LogP contribution in [0.4, 0.5) is 0 Å². The molecule has 0 radical (unpaired) electrons. The Labute approximate surface area is 121 Å². The molecule has 1 aromatic carbocycles. The van der Waals surface area contributed by atoms with Gasteiger partial charge >= 0.3 is 0 Å².